The van der Waals surface area contributed by atoms with E-state index in [2.05, 4.69) is 4.98 Å². The molecule has 5 N–H and O–H groups in total. The highest BCUT2D eigenvalue weighted by molar-refractivity contribution is 6.00. The number of phenols is 1. The van der Waals surface area contributed by atoms with Crippen molar-refractivity contribution in [3.05, 3.63) is 59.8 Å². The van der Waals surface area contributed by atoms with Crippen LogP contribution in [0.25, 0.3) is 10.9 Å². The van der Waals surface area contributed by atoms with Crippen LogP contribution in [-0.2, 0) is 22.4 Å². The van der Waals surface area contributed by atoms with Gasteiger partial charge in [-0.05, 0) is 35.4 Å². The van der Waals surface area contributed by atoms with Crippen LogP contribution in [0.4, 0.5) is 5.69 Å². The number of hydrogen-bond acceptors (Lipinski definition) is 7. The van der Waals surface area contributed by atoms with Crippen LogP contribution in [0.1, 0.15) is 11.1 Å². The van der Waals surface area contributed by atoms with Gasteiger partial charge in [0.05, 0.1) is 0 Å². The molecule has 32 heavy (non-hydrogen) atoms. The molecule has 2 heterocycles. The average Bonchev–Trinajstić information content (AvgIpc) is 3.17. The normalized spacial score (nSPS) is 21.5. The highest BCUT2D eigenvalue weighted by atomic mass is 16.8. The minimum absolute atomic E-state index is 0.00785. The molecule has 0 saturated carbocycles. The molecule has 1 fully saturated rings. The first-order valence-corrected chi connectivity index (χ1v) is 9.95. The zero-order valence-corrected chi connectivity index (χ0v) is 17.6. The van der Waals surface area contributed by atoms with E-state index in [9.17, 15) is 30.2 Å². The lowest BCUT2D eigenvalue weighted by Gasteiger charge is -2.47. The summed E-state index contributed by atoms with van der Waals surface area (Å²) in [6.45, 7) is 0. The molecule has 0 spiro atoms. The van der Waals surface area contributed by atoms with Crippen LogP contribution >= 0.6 is 0 Å². The summed E-state index contributed by atoms with van der Waals surface area (Å²) in [6.07, 6.45) is 1.57. The number of rotatable bonds is 5. The Morgan fingerprint density at radius 2 is 1.84 bits per heavy atom. The topological polar surface area (TPSA) is 141 Å². The van der Waals surface area contributed by atoms with Gasteiger partial charge in [0.15, 0.2) is 0 Å². The van der Waals surface area contributed by atoms with Gasteiger partial charge in [0.25, 0.3) is 5.91 Å². The first-order valence-electron chi connectivity index (χ1n) is 9.95. The van der Waals surface area contributed by atoms with Gasteiger partial charge in [0.2, 0.25) is 11.6 Å². The number of fused-ring (bicyclic) bond motifs is 1. The quantitative estimate of drug-likeness (QED) is 0.376. The van der Waals surface area contributed by atoms with E-state index in [0.717, 1.165) is 4.90 Å². The predicted molar refractivity (Wildman–Crippen MR) is 114 cm³/mol. The second-order valence-electron chi connectivity index (χ2n) is 8.00. The number of carbonyl (C=O) groups is 2. The maximum Gasteiger partial charge on any atom is 0.276 e. The molecule has 2 unspecified atom stereocenters. The fraction of sp³-hybridized carbons (Fsp3) is 0.273. The molecule has 2 amide bonds. The molecule has 1 saturated heterocycles. The molecule has 0 bridgehead atoms. The summed E-state index contributed by atoms with van der Waals surface area (Å²) >= 11 is 0. The van der Waals surface area contributed by atoms with Crippen molar-refractivity contribution in [3.8, 4) is 5.75 Å². The molecular weight excluding hydrogens is 416 g/mol. The lowest BCUT2D eigenvalue weighted by molar-refractivity contribution is -0.194. The summed E-state index contributed by atoms with van der Waals surface area (Å²) in [5, 5.41) is 40.5. The number of piperazine rings is 1. The zero-order chi connectivity index (χ0) is 23.2. The fourth-order valence-electron chi connectivity index (χ4n) is 4.28. The number of nitrogens with zero attached hydrogens (tertiary/aromatic N) is 3. The average molecular weight is 440 g/mol. The third-order valence-electron chi connectivity index (χ3n) is 6.06. The first kappa shape index (κ1) is 21.6. The maximum absolute atomic E-state index is 13.2. The second kappa shape index (κ2) is 7.83. The molecule has 4 rings (SSSR count). The van der Waals surface area contributed by atoms with Gasteiger partial charge in [0.1, 0.15) is 17.5 Å². The number of aromatic amines is 1. The molecule has 0 radical (unpaired) electrons. The number of likely N-dealkylation sites (N-methyl/N-ethyl adjacent to an activating group) is 2. The van der Waals surface area contributed by atoms with E-state index < -0.39 is 23.6 Å². The van der Waals surface area contributed by atoms with Crippen LogP contribution < -0.4 is 5.23 Å². The lowest BCUT2D eigenvalue weighted by atomic mass is 9.92. The van der Waals surface area contributed by atoms with E-state index in [-0.39, 0.29) is 29.5 Å². The van der Waals surface area contributed by atoms with Gasteiger partial charge in [-0.1, -0.05) is 18.2 Å². The Morgan fingerprint density at radius 1 is 1.12 bits per heavy atom. The number of H-pyrrole nitrogens is 1. The summed E-state index contributed by atoms with van der Waals surface area (Å²) in [7, 11) is 2.82. The van der Waals surface area contributed by atoms with Crippen molar-refractivity contribution in [2.45, 2.75) is 24.6 Å². The van der Waals surface area contributed by atoms with Gasteiger partial charge in [-0.25, -0.2) is 0 Å². The van der Waals surface area contributed by atoms with Gasteiger partial charge in [-0.15, -0.1) is 5.23 Å². The van der Waals surface area contributed by atoms with Crippen LogP contribution in [0, 0.1) is 0 Å². The Morgan fingerprint density at radius 3 is 2.53 bits per heavy atom. The SMILES string of the molecule is CN1C(=O)C(O)(Cc2cccc(O)c2)N(C)C(=O)C1Cc1c[nH]c2cccc(N(O)O)c12. The van der Waals surface area contributed by atoms with Crippen LogP contribution in [0.5, 0.6) is 5.75 Å². The highest BCUT2D eigenvalue weighted by Crippen LogP contribution is 2.33. The summed E-state index contributed by atoms with van der Waals surface area (Å²) in [6, 6.07) is 10.2. The van der Waals surface area contributed by atoms with E-state index >= 15 is 0 Å². The maximum atomic E-state index is 13.2. The van der Waals surface area contributed by atoms with Crippen molar-refractivity contribution < 1.29 is 30.2 Å². The molecule has 1 aliphatic heterocycles. The Balaban J connectivity index is 1.65. The van der Waals surface area contributed by atoms with Gasteiger partial charge >= 0.3 is 0 Å². The predicted octanol–water partition coefficient (Wildman–Crippen LogP) is 1.23. The zero-order valence-electron chi connectivity index (χ0n) is 17.6. The van der Waals surface area contributed by atoms with E-state index in [0.29, 0.717) is 22.0 Å². The van der Waals surface area contributed by atoms with Gasteiger partial charge in [0, 0.05) is 44.0 Å². The Hall–Kier alpha value is -3.60. The Kier molecular flexibility index (Phi) is 5.29. The molecule has 3 aromatic rings. The molecule has 1 aliphatic rings. The van der Waals surface area contributed by atoms with E-state index in [1.807, 2.05) is 0 Å². The molecule has 10 heteroatoms. The van der Waals surface area contributed by atoms with Crippen LogP contribution in [0.2, 0.25) is 0 Å². The standard InChI is InChI=1S/C22H24N4O6/c1-24-18(10-14-12-23-16-7-4-8-17(19(14)16)26(31)32)20(28)25(2)22(30,21(24)29)11-13-5-3-6-15(27)9-13/h3-9,12,18,23,27,30-32H,10-11H2,1-2H3. The van der Waals surface area contributed by atoms with Crippen molar-refractivity contribution >= 4 is 28.4 Å². The minimum Gasteiger partial charge on any atom is -0.508 e. The number of aromatic nitrogens is 1. The van der Waals surface area contributed by atoms with Crippen molar-refractivity contribution in [3.63, 3.8) is 0 Å². The van der Waals surface area contributed by atoms with E-state index in [1.165, 1.54) is 37.2 Å². The number of aliphatic hydroxyl groups is 1. The monoisotopic (exact) mass is 440 g/mol. The summed E-state index contributed by atoms with van der Waals surface area (Å²) in [4.78, 5) is 31.7. The number of nitrogens with one attached hydrogen (secondary N) is 1. The second-order valence-corrected chi connectivity index (χ2v) is 8.00. The largest absolute Gasteiger partial charge is 0.508 e. The van der Waals surface area contributed by atoms with Crippen molar-refractivity contribution in [1.82, 2.24) is 14.8 Å². The highest BCUT2D eigenvalue weighted by Gasteiger charge is 2.53. The third-order valence-corrected chi connectivity index (χ3v) is 6.06. The van der Waals surface area contributed by atoms with Crippen LogP contribution in [-0.4, -0.2) is 73.1 Å². The molecule has 1 aromatic heterocycles. The number of amides is 2. The molecular formula is C22H24N4O6. The van der Waals surface area contributed by atoms with E-state index in [1.54, 1.807) is 30.5 Å². The van der Waals surface area contributed by atoms with Crippen LogP contribution in [0.15, 0.2) is 48.7 Å². The third kappa shape index (κ3) is 3.44. The van der Waals surface area contributed by atoms with Gasteiger partial charge < -0.3 is 25.0 Å². The molecule has 2 aromatic carbocycles. The minimum atomic E-state index is -2.10. The Bertz CT molecular complexity index is 1190. The first-order chi connectivity index (χ1) is 15.1. The van der Waals surface area contributed by atoms with Crippen LogP contribution in [0.3, 0.4) is 0 Å². The summed E-state index contributed by atoms with van der Waals surface area (Å²) in [5.74, 6) is -1.13. The number of phenolic OH excluding ortho intramolecular Hbond substituents is 1. The van der Waals surface area contributed by atoms with E-state index in [4.69, 9.17) is 0 Å². The van der Waals surface area contributed by atoms with Gasteiger partial charge in [-0.3, -0.25) is 20.0 Å². The van der Waals surface area contributed by atoms with Crippen molar-refractivity contribution in [2.75, 3.05) is 19.3 Å². The Labute approximate surface area is 183 Å². The van der Waals surface area contributed by atoms with Crippen molar-refractivity contribution in [1.29, 1.82) is 0 Å². The molecule has 2 atom stereocenters. The van der Waals surface area contributed by atoms with Crippen molar-refractivity contribution in [2.24, 2.45) is 0 Å². The number of anilines is 1. The number of aromatic hydroxyl groups is 1. The number of benzene rings is 2. The summed E-state index contributed by atoms with van der Waals surface area (Å²) < 4.78 is 0. The number of carbonyl (C=O) groups excluding carboxylic acids is 2. The fourth-order valence-corrected chi connectivity index (χ4v) is 4.28. The van der Waals surface area contributed by atoms with Gasteiger partial charge in [-0.2, -0.15) is 0 Å². The lowest BCUT2D eigenvalue weighted by Crippen LogP contribution is -2.70. The molecule has 10 nitrogen and oxygen atoms in total. The molecule has 168 valence electrons. The molecule has 0 aliphatic carbocycles. The number of hydrogen-bond donors (Lipinski definition) is 5. The smallest absolute Gasteiger partial charge is 0.276 e. The summed E-state index contributed by atoms with van der Waals surface area (Å²) in [5.41, 5.74) is -0.233.